The number of benzene rings is 1. The highest BCUT2D eigenvalue weighted by Gasteiger charge is 2.26. The van der Waals surface area contributed by atoms with Gasteiger partial charge in [0.2, 0.25) is 5.69 Å². The Hall–Kier alpha value is -2.90. The predicted octanol–water partition coefficient (Wildman–Crippen LogP) is 1.93. The highest BCUT2D eigenvalue weighted by molar-refractivity contribution is 5.96. The van der Waals surface area contributed by atoms with Gasteiger partial charge in [-0.2, -0.15) is 5.10 Å². The fourth-order valence-corrected chi connectivity index (χ4v) is 2.40. The maximum Gasteiger partial charge on any atom is 0.322 e. The highest BCUT2D eigenvalue weighted by atomic mass is 16.6. The Balaban J connectivity index is 2.11. The number of amides is 1. The quantitative estimate of drug-likeness (QED) is 0.647. The Bertz CT molecular complexity index is 752. The van der Waals surface area contributed by atoms with E-state index >= 15 is 0 Å². The van der Waals surface area contributed by atoms with Gasteiger partial charge >= 0.3 is 5.69 Å². The molecule has 23 heavy (non-hydrogen) atoms. The minimum atomic E-state index is -0.607. The van der Waals surface area contributed by atoms with E-state index in [4.69, 9.17) is 0 Å². The van der Waals surface area contributed by atoms with E-state index in [0.717, 1.165) is 16.8 Å². The van der Waals surface area contributed by atoms with E-state index in [1.54, 1.807) is 0 Å². The largest absolute Gasteiger partial charge is 0.377 e. The second-order valence-electron chi connectivity index (χ2n) is 5.50. The number of hydrogen-bond donors (Lipinski definition) is 2. The molecule has 0 aliphatic carbocycles. The molecule has 0 atom stereocenters. The van der Waals surface area contributed by atoms with Crippen LogP contribution in [0.2, 0.25) is 0 Å². The van der Waals surface area contributed by atoms with Gasteiger partial charge in [-0.05, 0) is 31.0 Å². The molecule has 1 aromatic heterocycles. The number of nitrogens with one attached hydrogen (secondary N) is 2. The van der Waals surface area contributed by atoms with Crippen molar-refractivity contribution in [1.82, 2.24) is 15.5 Å². The van der Waals surface area contributed by atoms with Crippen molar-refractivity contribution in [1.29, 1.82) is 0 Å². The normalized spacial score (nSPS) is 10.4. The summed E-state index contributed by atoms with van der Waals surface area (Å²) in [6.45, 7) is 3.77. The lowest BCUT2D eigenvalue weighted by Crippen LogP contribution is -2.24. The van der Waals surface area contributed by atoms with Crippen LogP contribution in [0.4, 0.5) is 11.4 Å². The lowest BCUT2D eigenvalue weighted by molar-refractivity contribution is -0.385. The Morgan fingerprint density at radius 2 is 2.09 bits per heavy atom. The topological polar surface area (TPSA) is 104 Å². The van der Waals surface area contributed by atoms with Crippen molar-refractivity contribution in [3.8, 4) is 0 Å². The highest BCUT2D eigenvalue weighted by Crippen LogP contribution is 2.21. The third kappa shape index (κ3) is 3.47. The molecule has 1 aromatic carbocycles. The van der Waals surface area contributed by atoms with Crippen molar-refractivity contribution in [3.63, 3.8) is 0 Å². The van der Waals surface area contributed by atoms with E-state index in [9.17, 15) is 14.9 Å². The summed E-state index contributed by atoms with van der Waals surface area (Å²) in [5.74, 6) is -0.574. The molecule has 0 aliphatic rings. The lowest BCUT2D eigenvalue weighted by Gasteiger charge is -2.16. The molecule has 2 rings (SSSR count). The third-order valence-corrected chi connectivity index (χ3v) is 3.51. The van der Waals surface area contributed by atoms with Crippen LogP contribution < -0.4 is 10.2 Å². The van der Waals surface area contributed by atoms with Gasteiger partial charge in [0.1, 0.15) is 5.69 Å². The molecule has 0 spiro atoms. The van der Waals surface area contributed by atoms with Crippen LogP contribution in [0.3, 0.4) is 0 Å². The maximum atomic E-state index is 12.1. The van der Waals surface area contributed by atoms with Gasteiger partial charge in [0.05, 0.1) is 4.92 Å². The summed E-state index contributed by atoms with van der Waals surface area (Å²) in [6.07, 6.45) is 0. The summed E-state index contributed by atoms with van der Waals surface area (Å²) in [5.41, 5.74) is 2.86. The van der Waals surface area contributed by atoms with E-state index < -0.39 is 10.8 Å². The van der Waals surface area contributed by atoms with Crippen LogP contribution >= 0.6 is 0 Å². The number of hydrogen-bond acceptors (Lipinski definition) is 5. The van der Waals surface area contributed by atoms with E-state index in [0.29, 0.717) is 0 Å². The summed E-state index contributed by atoms with van der Waals surface area (Å²) in [7, 11) is 3.92. The van der Waals surface area contributed by atoms with Crippen LogP contribution in [-0.2, 0) is 6.54 Å². The van der Waals surface area contributed by atoms with E-state index in [-0.39, 0.29) is 23.6 Å². The van der Waals surface area contributed by atoms with Crippen molar-refractivity contribution in [2.24, 2.45) is 0 Å². The first-order valence-corrected chi connectivity index (χ1v) is 7.05. The number of nitrogens with zero attached hydrogens (tertiary/aromatic N) is 3. The van der Waals surface area contributed by atoms with Gasteiger partial charge in [0, 0.05) is 26.3 Å². The SMILES string of the molecule is Cc1cc(CNC(=O)c2n[nH]c(C)c2[N+](=O)[O-])ccc1N(C)C. The Kier molecular flexibility index (Phi) is 4.63. The molecule has 0 fully saturated rings. The number of aryl methyl sites for hydroxylation is 2. The number of carbonyl (C=O) groups excluding carboxylic acids is 1. The van der Waals surface area contributed by atoms with Crippen LogP contribution in [0, 0.1) is 24.0 Å². The first-order chi connectivity index (χ1) is 10.8. The van der Waals surface area contributed by atoms with Crippen molar-refractivity contribution in [3.05, 3.63) is 50.8 Å². The lowest BCUT2D eigenvalue weighted by atomic mass is 10.1. The van der Waals surface area contributed by atoms with E-state index in [1.807, 2.05) is 44.1 Å². The molecule has 8 heteroatoms. The summed E-state index contributed by atoms with van der Waals surface area (Å²) in [5, 5.41) is 19.8. The van der Waals surface area contributed by atoms with E-state index in [2.05, 4.69) is 15.5 Å². The Morgan fingerprint density at radius 1 is 1.39 bits per heavy atom. The van der Waals surface area contributed by atoms with Gasteiger partial charge in [-0.25, -0.2) is 0 Å². The van der Waals surface area contributed by atoms with Crippen molar-refractivity contribution in [2.45, 2.75) is 20.4 Å². The Labute approximate surface area is 133 Å². The van der Waals surface area contributed by atoms with Crippen LogP contribution in [0.5, 0.6) is 0 Å². The van der Waals surface area contributed by atoms with Gasteiger partial charge in [-0.1, -0.05) is 12.1 Å². The van der Waals surface area contributed by atoms with Crippen molar-refractivity contribution in [2.75, 3.05) is 19.0 Å². The van der Waals surface area contributed by atoms with Gasteiger partial charge < -0.3 is 10.2 Å². The Morgan fingerprint density at radius 3 is 2.65 bits per heavy atom. The third-order valence-electron chi connectivity index (χ3n) is 3.51. The van der Waals surface area contributed by atoms with Crippen LogP contribution in [0.1, 0.15) is 27.3 Å². The van der Waals surface area contributed by atoms with Crippen LogP contribution in [-0.4, -0.2) is 35.1 Å². The zero-order valence-corrected chi connectivity index (χ0v) is 13.5. The number of aromatic amines is 1. The molecule has 0 aliphatic heterocycles. The van der Waals surface area contributed by atoms with Gasteiger partial charge in [0.15, 0.2) is 0 Å². The standard InChI is InChI=1S/C15H19N5O3/c1-9-7-11(5-6-12(9)19(3)4)8-16-15(21)13-14(20(22)23)10(2)17-18-13/h5-7H,8H2,1-4H3,(H,16,21)(H,17,18). The molecule has 0 unspecified atom stereocenters. The van der Waals surface area contributed by atoms with Crippen molar-refractivity contribution >= 4 is 17.3 Å². The number of carbonyl (C=O) groups is 1. The smallest absolute Gasteiger partial charge is 0.322 e. The summed E-state index contributed by atoms with van der Waals surface area (Å²) >= 11 is 0. The maximum absolute atomic E-state index is 12.1. The average Bonchev–Trinajstić information content (AvgIpc) is 2.86. The van der Waals surface area contributed by atoms with E-state index in [1.165, 1.54) is 6.92 Å². The number of H-pyrrole nitrogens is 1. The molecule has 1 amide bonds. The summed E-state index contributed by atoms with van der Waals surface area (Å²) < 4.78 is 0. The number of rotatable bonds is 5. The van der Waals surface area contributed by atoms with Crippen LogP contribution in [0.15, 0.2) is 18.2 Å². The molecule has 0 saturated heterocycles. The van der Waals surface area contributed by atoms with Gasteiger partial charge in [0.25, 0.3) is 5.91 Å². The van der Waals surface area contributed by atoms with Gasteiger partial charge in [-0.15, -0.1) is 0 Å². The van der Waals surface area contributed by atoms with Gasteiger partial charge in [-0.3, -0.25) is 20.0 Å². The molecular weight excluding hydrogens is 298 g/mol. The molecule has 0 bridgehead atoms. The zero-order valence-electron chi connectivity index (χ0n) is 13.5. The molecule has 122 valence electrons. The molecule has 8 nitrogen and oxygen atoms in total. The summed E-state index contributed by atoms with van der Waals surface area (Å²) in [4.78, 5) is 24.5. The first kappa shape index (κ1) is 16.5. The molecule has 2 aromatic rings. The molecule has 2 N–H and O–H groups in total. The predicted molar refractivity (Wildman–Crippen MR) is 86.7 cm³/mol. The molecule has 1 heterocycles. The summed E-state index contributed by atoms with van der Waals surface area (Å²) in [6, 6.07) is 5.85. The second kappa shape index (κ2) is 6.47. The molecule has 0 saturated carbocycles. The fraction of sp³-hybridized carbons (Fsp3) is 0.333. The average molecular weight is 317 g/mol. The molecule has 0 radical (unpaired) electrons. The number of nitro groups is 1. The monoisotopic (exact) mass is 317 g/mol. The molecular formula is C15H19N5O3. The minimum Gasteiger partial charge on any atom is -0.377 e. The van der Waals surface area contributed by atoms with Crippen molar-refractivity contribution < 1.29 is 9.72 Å². The minimum absolute atomic E-state index is 0.200. The first-order valence-electron chi connectivity index (χ1n) is 7.05. The van der Waals surface area contributed by atoms with Crippen LogP contribution in [0.25, 0.3) is 0 Å². The number of anilines is 1. The second-order valence-corrected chi connectivity index (χ2v) is 5.50. The fourth-order valence-electron chi connectivity index (χ4n) is 2.40. The number of aromatic nitrogens is 2. The zero-order chi connectivity index (χ0) is 17.1.